The fourth-order valence-electron chi connectivity index (χ4n) is 2.33. The molecule has 1 saturated heterocycles. The average Bonchev–Trinajstić information content (AvgIpc) is 2.86. The number of rotatable bonds is 2. The number of amides is 1. The quantitative estimate of drug-likeness (QED) is 0.666. The van der Waals surface area contributed by atoms with Crippen molar-refractivity contribution in [1.29, 1.82) is 0 Å². The molecule has 2 saturated carbocycles. The maximum Gasteiger partial charge on any atom is 0.225 e. The molecule has 13 heavy (non-hydrogen) atoms. The summed E-state index contributed by atoms with van der Waals surface area (Å²) in [6.07, 6.45) is 4.77. The monoisotopic (exact) mass is 180 g/mol. The van der Waals surface area contributed by atoms with Crippen molar-refractivity contribution in [1.82, 2.24) is 4.90 Å². The summed E-state index contributed by atoms with van der Waals surface area (Å²) < 4.78 is 0. The van der Waals surface area contributed by atoms with Gasteiger partial charge in [0, 0.05) is 19.0 Å². The molecule has 0 aromatic heterocycles. The molecule has 0 spiro atoms. The summed E-state index contributed by atoms with van der Waals surface area (Å²) in [6.45, 7) is 1.65. The largest absolute Gasteiger partial charge is 0.339 e. The Morgan fingerprint density at radius 1 is 1.23 bits per heavy atom. The molecule has 3 fully saturated rings. The Labute approximate surface area is 78.3 Å². The van der Waals surface area contributed by atoms with E-state index in [2.05, 4.69) is 0 Å². The first-order chi connectivity index (χ1) is 6.19. The highest BCUT2D eigenvalue weighted by Gasteiger charge is 2.53. The second-order valence-electron chi connectivity index (χ2n) is 4.98. The molecule has 2 N–H and O–H groups in total. The van der Waals surface area contributed by atoms with E-state index < -0.39 is 0 Å². The number of carbonyl (C=O) groups excluding carboxylic acids is 1. The van der Waals surface area contributed by atoms with Crippen molar-refractivity contribution >= 4 is 5.91 Å². The molecule has 3 nitrogen and oxygen atoms in total. The lowest BCUT2D eigenvalue weighted by atomic mass is 9.85. The third-order valence-corrected chi connectivity index (χ3v) is 3.60. The zero-order chi connectivity index (χ0) is 9.05. The fourth-order valence-corrected chi connectivity index (χ4v) is 2.33. The Hall–Kier alpha value is -0.570. The molecule has 0 unspecified atom stereocenters. The van der Waals surface area contributed by atoms with Crippen LogP contribution in [0.2, 0.25) is 0 Å². The average molecular weight is 180 g/mol. The predicted molar refractivity (Wildman–Crippen MR) is 48.9 cm³/mol. The minimum absolute atomic E-state index is 0.00451. The first-order valence-electron chi connectivity index (χ1n) is 5.27. The van der Waals surface area contributed by atoms with Crippen molar-refractivity contribution in [3.63, 3.8) is 0 Å². The minimum atomic E-state index is 0.00451. The van der Waals surface area contributed by atoms with Crippen molar-refractivity contribution in [3.05, 3.63) is 0 Å². The summed E-state index contributed by atoms with van der Waals surface area (Å²) in [4.78, 5) is 13.5. The van der Waals surface area contributed by atoms with Gasteiger partial charge in [0.2, 0.25) is 5.91 Å². The molecule has 0 atom stereocenters. The van der Waals surface area contributed by atoms with Crippen LogP contribution in [0.5, 0.6) is 0 Å². The second-order valence-corrected chi connectivity index (χ2v) is 4.98. The molecule has 0 aromatic carbocycles. The summed E-state index contributed by atoms with van der Waals surface area (Å²) in [5, 5.41) is 0. The van der Waals surface area contributed by atoms with E-state index in [0.717, 1.165) is 31.8 Å². The van der Waals surface area contributed by atoms with Crippen LogP contribution >= 0.6 is 0 Å². The number of nitrogens with two attached hydrogens (primary N) is 1. The molecule has 0 aromatic rings. The van der Waals surface area contributed by atoms with Crippen molar-refractivity contribution in [2.45, 2.75) is 31.2 Å². The van der Waals surface area contributed by atoms with Crippen molar-refractivity contribution in [2.24, 2.45) is 17.6 Å². The molecule has 3 heteroatoms. The van der Waals surface area contributed by atoms with Crippen molar-refractivity contribution < 1.29 is 4.79 Å². The highest BCUT2D eigenvalue weighted by molar-refractivity contribution is 5.82. The van der Waals surface area contributed by atoms with Gasteiger partial charge in [0.25, 0.3) is 0 Å². The summed E-state index contributed by atoms with van der Waals surface area (Å²) in [7, 11) is 0. The Morgan fingerprint density at radius 2 is 1.85 bits per heavy atom. The maximum atomic E-state index is 11.6. The van der Waals surface area contributed by atoms with Gasteiger partial charge in [-0.2, -0.15) is 0 Å². The normalized spacial score (nSPS) is 31.3. The lowest BCUT2D eigenvalue weighted by Gasteiger charge is -2.48. The zero-order valence-corrected chi connectivity index (χ0v) is 7.83. The molecule has 3 rings (SSSR count). The predicted octanol–water partition coefficient (Wildman–Crippen LogP) is 0.346. The van der Waals surface area contributed by atoms with E-state index in [4.69, 9.17) is 5.73 Å². The van der Waals surface area contributed by atoms with Crippen molar-refractivity contribution in [3.8, 4) is 0 Å². The number of carbonyl (C=O) groups is 1. The highest BCUT2D eigenvalue weighted by atomic mass is 16.2. The number of nitrogens with zero attached hydrogens (tertiary/aromatic N) is 1. The Morgan fingerprint density at radius 3 is 2.31 bits per heavy atom. The first-order valence-corrected chi connectivity index (χ1v) is 5.27. The molecule has 1 aliphatic heterocycles. The first kappa shape index (κ1) is 7.80. The van der Waals surface area contributed by atoms with Gasteiger partial charge in [0.05, 0.1) is 5.54 Å². The fraction of sp³-hybridized carbons (Fsp3) is 0.900. The van der Waals surface area contributed by atoms with E-state index >= 15 is 0 Å². The van der Waals surface area contributed by atoms with Crippen LogP contribution in [0.25, 0.3) is 0 Å². The third kappa shape index (κ3) is 1.17. The maximum absolute atomic E-state index is 11.6. The van der Waals surface area contributed by atoms with E-state index in [1.807, 2.05) is 4.90 Å². The van der Waals surface area contributed by atoms with Gasteiger partial charge in [-0.1, -0.05) is 0 Å². The van der Waals surface area contributed by atoms with E-state index in [-0.39, 0.29) is 5.54 Å². The number of hydrogen-bond donors (Lipinski definition) is 1. The van der Waals surface area contributed by atoms with Crippen LogP contribution in [-0.2, 0) is 4.79 Å². The van der Waals surface area contributed by atoms with E-state index in [9.17, 15) is 4.79 Å². The topological polar surface area (TPSA) is 46.3 Å². The highest BCUT2D eigenvalue weighted by Crippen LogP contribution is 2.44. The van der Waals surface area contributed by atoms with E-state index in [1.165, 1.54) is 12.8 Å². The van der Waals surface area contributed by atoms with Crippen LogP contribution in [0.4, 0.5) is 0 Å². The summed E-state index contributed by atoms with van der Waals surface area (Å²) in [5.41, 5.74) is 6.17. The smallest absolute Gasteiger partial charge is 0.225 e. The Balaban J connectivity index is 1.58. The molecule has 2 aliphatic carbocycles. The van der Waals surface area contributed by atoms with Crippen LogP contribution in [0.3, 0.4) is 0 Å². The van der Waals surface area contributed by atoms with Crippen LogP contribution in [-0.4, -0.2) is 29.4 Å². The molecule has 72 valence electrons. The van der Waals surface area contributed by atoms with Crippen molar-refractivity contribution in [2.75, 3.05) is 13.1 Å². The van der Waals surface area contributed by atoms with Gasteiger partial charge in [0.1, 0.15) is 0 Å². The number of likely N-dealkylation sites (tertiary alicyclic amines) is 1. The minimum Gasteiger partial charge on any atom is -0.339 e. The van der Waals surface area contributed by atoms with Gasteiger partial charge in [-0.25, -0.2) is 0 Å². The van der Waals surface area contributed by atoms with Gasteiger partial charge in [-0.15, -0.1) is 0 Å². The van der Waals surface area contributed by atoms with Gasteiger partial charge in [-0.05, 0) is 31.6 Å². The second kappa shape index (κ2) is 2.27. The summed E-state index contributed by atoms with van der Waals surface area (Å²) >= 11 is 0. The van der Waals surface area contributed by atoms with E-state index in [0.29, 0.717) is 11.8 Å². The zero-order valence-electron chi connectivity index (χ0n) is 7.83. The van der Waals surface area contributed by atoms with Gasteiger partial charge in [-0.3, -0.25) is 4.79 Å². The number of hydrogen-bond acceptors (Lipinski definition) is 2. The van der Waals surface area contributed by atoms with Gasteiger partial charge in [0.15, 0.2) is 0 Å². The molecule has 3 aliphatic rings. The molecule has 0 radical (unpaired) electrons. The molecule has 0 bridgehead atoms. The lowest BCUT2D eigenvalue weighted by molar-refractivity contribution is -0.140. The SMILES string of the molecule is NC1(C2CC2)CN(C(=O)C2CC2)C1. The van der Waals surface area contributed by atoms with E-state index in [1.54, 1.807) is 0 Å². The Bertz CT molecular complexity index is 250. The van der Waals surface area contributed by atoms with Crippen LogP contribution in [0.1, 0.15) is 25.7 Å². The molecular weight excluding hydrogens is 164 g/mol. The standard InChI is InChI=1S/C10H16N2O/c11-10(8-3-4-8)5-12(6-10)9(13)7-1-2-7/h7-8H,1-6,11H2. The van der Waals surface area contributed by atoms with Crippen LogP contribution in [0, 0.1) is 11.8 Å². The van der Waals surface area contributed by atoms with Gasteiger partial charge < -0.3 is 10.6 Å². The summed E-state index contributed by atoms with van der Waals surface area (Å²) in [6, 6.07) is 0. The van der Waals surface area contributed by atoms with Gasteiger partial charge >= 0.3 is 0 Å². The molecule has 1 heterocycles. The lowest BCUT2D eigenvalue weighted by Crippen LogP contribution is -2.70. The summed E-state index contributed by atoms with van der Waals surface area (Å²) in [5.74, 6) is 1.45. The third-order valence-electron chi connectivity index (χ3n) is 3.60. The molecule has 1 amide bonds. The van der Waals surface area contributed by atoms with Crippen LogP contribution < -0.4 is 5.73 Å². The van der Waals surface area contributed by atoms with Crippen LogP contribution in [0.15, 0.2) is 0 Å². The Kier molecular flexibility index (Phi) is 1.36. The molecular formula is C10H16N2O.